The van der Waals surface area contributed by atoms with E-state index in [9.17, 15) is 20.0 Å². The number of rotatable bonds is 4. The summed E-state index contributed by atoms with van der Waals surface area (Å²) in [4.78, 5) is 22.1. The van der Waals surface area contributed by atoms with E-state index in [4.69, 9.17) is 4.74 Å². The molecule has 0 saturated carbocycles. The van der Waals surface area contributed by atoms with E-state index in [0.717, 1.165) is 18.9 Å². The number of nitrogens with one attached hydrogen (secondary N) is 1. The third-order valence-electron chi connectivity index (χ3n) is 3.34. The highest BCUT2D eigenvalue weighted by molar-refractivity contribution is 5.98. The van der Waals surface area contributed by atoms with Gasteiger partial charge in [0.05, 0.1) is 22.6 Å². The van der Waals surface area contributed by atoms with Crippen LogP contribution in [0.5, 0.6) is 5.75 Å². The zero-order valence-corrected chi connectivity index (χ0v) is 11.0. The second-order valence-corrected chi connectivity index (χ2v) is 4.74. The molecule has 1 aromatic rings. The molecule has 0 aromatic heterocycles. The number of ether oxygens (including phenoxy) is 1. The van der Waals surface area contributed by atoms with Gasteiger partial charge < -0.3 is 15.2 Å². The van der Waals surface area contributed by atoms with Crippen molar-refractivity contribution in [1.29, 1.82) is 0 Å². The minimum atomic E-state index is -0.727. The molecule has 7 nitrogen and oxygen atoms in total. The lowest BCUT2D eigenvalue weighted by Crippen LogP contribution is -2.40. The lowest BCUT2D eigenvalue weighted by atomic mass is 10.1. The highest BCUT2D eigenvalue weighted by Crippen LogP contribution is 2.29. The van der Waals surface area contributed by atoms with Crippen LogP contribution in [-0.2, 0) is 4.74 Å². The summed E-state index contributed by atoms with van der Waals surface area (Å²) in [7, 11) is 0. The van der Waals surface area contributed by atoms with E-state index in [0.29, 0.717) is 6.61 Å². The molecule has 7 heteroatoms. The van der Waals surface area contributed by atoms with Gasteiger partial charge in [-0.2, -0.15) is 0 Å². The van der Waals surface area contributed by atoms with Gasteiger partial charge in [0.2, 0.25) is 5.75 Å². The van der Waals surface area contributed by atoms with E-state index in [1.165, 1.54) is 12.1 Å². The molecule has 108 valence electrons. The van der Waals surface area contributed by atoms with Crippen molar-refractivity contribution < 1.29 is 19.6 Å². The Morgan fingerprint density at radius 1 is 1.60 bits per heavy atom. The molecule has 0 radical (unpaired) electrons. The number of aromatic hydroxyl groups is 1. The summed E-state index contributed by atoms with van der Waals surface area (Å²) in [5.41, 5.74) is -0.591. The maximum atomic E-state index is 12.1. The van der Waals surface area contributed by atoms with E-state index in [2.05, 4.69) is 5.32 Å². The van der Waals surface area contributed by atoms with Gasteiger partial charge in [0, 0.05) is 12.7 Å². The fourth-order valence-corrected chi connectivity index (χ4v) is 2.24. The average molecular weight is 280 g/mol. The van der Waals surface area contributed by atoms with Crippen molar-refractivity contribution in [3.63, 3.8) is 0 Å². The van der Waals surface area contributed by atoms with Crippen molar-refractivity contribution in [3.05, 3.63) is 33.9 Å². The number of nitro groups is 1. The standard InChI is InChI=1S/C13H16N2O5/c1-8(11-6-3-7-20-11)14-13(17)9-4-2-5-10(12(9)16)15(18)19/h2,4-5,8,11,16H,3,6-7H2,1H3,(H,14,17). The van der Waals surface area contributed by atoms with Crippen molar-refractivity contribution in [1.82, 2.24) is 5.32 Å². The fourth-order valence-electron chi connectivity index (χ4n) is 2.24. The number of hydrogen-bond acceptors (Lipinski definition) is 5. The molecular formula is C13H16N2O5. The fraction of sp³-hybridized carbons (Fsp3) is 0.462. The van der Waals surface area contributed by atoms with Gasteiger partial charge in [0.1, 0.15) is 0 Å². The largest absolute Gasteiger partial charge is 0.502 e. The Morgan fingerprint density at radius 2 is 2.35 bits per heavy atom. The second-order valence-electron chi connectivity index (χ2n) is 4.74. The average Bonchev–Trinajstić information content (AvgIpc) is 2.92. The molecule has 1 fully saturated rings. The number of nitro benzene ring substituents is 1. The van der Waals surface area contributed by atoms with Crippen LogP contribution in [0, 0.1) is 10.1 Å². The Morgan fingerprint density at radius 3 is 2.95 bits per heavy atom. The summed E-state index contributed by atoms with van der Waals surface area (Å²) in [6.07, 6.45) is 1.76. The molecule has 0 bridgehead atoms. The van der Waals surface area contributed by atoms with Gasteiger partial charge in [-0.25, -0.2) is 0 Å². The molecule has 2 rings (SSSR count). The summed E-state index contributed by atoms with van der Waals surface area (Å²) in [6.45, 7) is 2.48. The van der Waals surface area contributed by atoms with Crippen molar-refractivity contribution in [2.45, 2.75) is 31.9 Å². The lowest BCUT2D eigenvalue weighted by molar-refractivity contribution is -0.385. The van der Waals surface area contributed by atoms with E-state index in [1.54, 1.807) is 0 Å². The van der Waals surface area contributed by atoms with Crippen LogP contribution in [0.15, 0.2) is 18.2 Å². The highest BCUT2D eigenvalue weighted by atomic mass is 16.6. The number of hydrogen-bond donors (Lipinski definition) is 2. The van der Waals surface area contributed by atoms with Crippen LogP contribution >= 0.6 is 0 Å². The zero-order valence-electron chi connectivity index (χ0n) is 11.0. The third-order valence-corrected chi connectivity index (χ3v) is 3.34. The minimum Gasteiger partial charge on any atom is -0.502 e. The number of carbonyl (C=O) groups excluding carboxylic acids is 1. The maximum Gasteiger partial charge on any atom is 0.311 e. The van der Waals surface area contributed by atoms with Crippen molar-refractivity contribution in [2.24, 2.45) is 0 Å². The molecule has 1 heterocycles. The van der Waals surface area contributed by atoms with Gasteiger partial charge in [-0.1, -0.05) is 6.07 Å². The van der Waals surface area contributed by atoms with Crippen LogP contribution in [0.1, 0.15) is 30.1 Å². The van der Waals surface area contributed by atoms with Crippen LogP contribution in [0.4, 0.5) is 5.69 Å². The number of carbonyl (C=O) groups is 1. The van der Waals surface area contributed by atoms with E-state index in [-0.39, 0.29) is 17.7 Å². The predicted molar refractivity (Wildman–Crippen MR) is 70.7 cm³/mol. The molecule has 2 atom stereocenters. The van der Waals surface area contributed by atoms with Crippen LogP contribution < -0.4 is 5.32 Å². The van der Waals surface area contributed by atoms with Crippen LogP contribution in [0.25, 0.3) is 0 Å². The minimum absolute atomic E-state index is 0.0557. The van der Waals surface area contributed by atoms with Gasteiger partial charge in [-0.05, 0) is 25.8 Å². The molecule has 1 aliphatic rings. The Kier molecular flexibility index (Phi) is 4.19. The van der Waals surface area contributed by atoms with Gasteiger partial charge in [-0.3, -0.25) is 14.9 Å². The molecule has 20 heavy (non-hydrogen) atoms. The third kappa shape index (κ3) is 2.88. The molecule has 2 unspecified atom stereocenters. The normalized spacial score (nSPS) is 19.6. The molecule has 2 N–H and O–H groups in total. The van der Waals surface area contributed by atoms with Crippen LogP contribution in [0.2, 0.25) is 0 Å². The first-order valence-corrected chi connectivity index (χ1v) is 6.39. The lowest BCUT2D eigenvalue weighted by Gasteiger charge is -2.20. The summed E-state index contributed by atoms with van der Waals surface area (Å²) in [6, 6.07) is 3.64. The molecule has 0 spiro atoms. The summed E-state index contributed by atoms with van der Waals surface area (Å²) >= 11 is 0. The van der Waals surface area contributed by atoms with E-state index in [1.807, 2.05) is 6.92 Å². The first-order valence-electron chi connectivity index (χ1n) is 6.39. The molecule has 1 aliphatic heterocycles. The molecule has 1 aromatic carbocycles. The van der Waals surface area contributed by atoms with Gasteiger partial charge in [0.15, 0.2) is 0 Å². The van der Waals surface area contributed by atoms with Gasteiger partial charge >= 0.3 is 5.69 Å². The molecule has 0 aliphatic carbocycles. The highest BCUT2D eigenvalue weighted by Gasteiger charge is 2.26. The first-order chi connectivity index (χ1) is 9.50. The Hall–Kier alpha value is -2.15. The van der Waals surface area contributed by atoms with Crippen molar-refractivity contribution in [2.75, 3.05) is 6.61 Å². The Balaban J connectivity index is 2.13. The van der Waals surface area contributed by atoms with Gasteiger partial charge in [-0.15, -0.1) is 0 Å². The number of phenols is 1. The van der Waals surface area contributed by atoms with E-state index >= 15 is 0 Å². The van der Waals surface area contributed by atoms with E-state index < -0.39 is 22.3 Å². The topological polar surface area (TPSA) is 102 Å². The van der Waals surface area contributed by atoms with Crippen LogP contribution in [0.3, 0.4) is 0 Å². The number of phenolic OH excluding ortho intramolecular Hbond substituents is 1. The first kappa shape index (κ1) is 14.3. The number of benzene rings is 1. The SMILES string of the molecule is CC(NC(=O)c1cccc([N+](=O)[O-])c1O)C1CCCO1. The maximum absolute atomic E-state index is 12.1. The van der Waals surface area contributed by atoms with Crippen molar-refractivity contribution >= 4 is 11.6 Å². The molecular weight excluding hydrogens is 264 g/mol. The summed E-state index contributed by atoms with van der Waals surface area (Å²) in [5, 5.41) is 23.2. The second kappa shape index (κ2) is 5.87. The number of nitrogens with zero attached hydrogens (tertiary/aromatic N) is 1. The number of para-hydroxylation sites is 1. The zero-order chi connectivity index (χ0) is 14.7. The monoisotopic (exact) mass is 280 g/mol. The van der Waals surface area contributed by atoms with Crippen molar-refractivity contribution in [3.8, 4) is 5.75 Å². The summed E-state index contributed by atoms with van der Waals surface area (Å²) in [5.74, 6) is -1.16. The quantitative estimate of drug-likeness (QED) is 0.644. The summed E-state index contributed by atoms with van der Waals surface area (Å²) < 4.78 is 5.46. The smallest absolute Gasteiger partial charge is 0.311 e. The molecule has 1 amide bonds. The Bertz CT molecular complexity index is 525. The Labute approximate surface area is 115 Å². The number of amides is 1. The van der Waals surface area contributed by atoms with Gasteiger partial charge in [0.25, 0.3) is 5.91 Å². The predicted octanol–water partition coefficient (Wildman–Crippen LogP) is 1.60. The van der Waals surface area contributed by atoms with Crippen LogP contribution in [-0.4, -0.2) is 34.7 Å². The molecule has 1 saturated heterocycles.